The van der Waals surface area contributed by atoms with Gasteiger partial charge in [-0.1, -0.05) is 43.3 Å². The second kappa shape index (κ2) is 6.70. The zero-order chi connectivity index (χ0) is 13.8. The number of nitrogens with zero attached hydrogens (tertiary/aromatic N) is 2. The first kappa shape index (κ1) is 14.8. The molecule has 0 fully saturated rings. The highest BCUT2D eigenvalue weighted by atomic mass is 35.5. The van der Waals surface area contributed by atoms with Crippen LogP contribution in [-0.2, 0) is 6.54 Å². The summed E-state index contributed by atoms with van der Waals surface area (Å²) >= 11 is 9.31. The van der Waals surface area contributed by atoms with Crippen molar-refractivity contribution >= 4 is 34.9 Å². The molecule has 0 atom stereocenters. The second-order valence-corrected chi connectivity index (χ2v) is 6.98. The van der Waals surface area contributed by atoms with Crippen molar-refractivity contribution in [3.05, 3.63) is 34.6 Å². The van der Waals surface area contributed by atoms with E-state index in [1.165, 1.54) is 11.5 Å². The van der Waals surface area contributed by atoms with E-state index < -0.39 is 0 Å². The second-order valence-electron chi connectivity index (χ2n) is 4.50. The predicted molar refractivity (Wildman–Crippen MR) is 82.2 cm³/mol. The standard InChI is InChI=1S/C13H16ClN3S2/c1-8(2)15-7-10-4-5-11(6-12(10)14)18-13-16-9(3)17-19-13/h4-6,8,15H,7H2,1-3H3. The normalized spacial score (nSPS) is 11.2. The molecule has 2 aromatic rings. The van der Waals surface area contributed by atoms with Gasteiger partial charge >= 0.3 is 0 Å². The van der Waals surface area contributed by atoms with E-state index in [2.05, 4.69) is 40.7 Å². The van der Waals surface area contributed by atoms with Crippen molar-refractivity contribution in [3.63, 3.8) is 0 Å². The van der Waals surface area contributed by atoms with Crippen LogP contribution in [0.2, 0.25) is 5.02 Å². The lowest BCUT2D eigenvalue weighted by Crippen LogP contribution is -2.21. The van der Waals surface area contributed by atoms with Gasteiger partial charge in [-0.25, -0.2) is 4.98 Å². The molecule has 0 unspecified atom stereocenters. The van der Waals surface area contributed by atoms with Crippen molar-refractivity contribution in [1.29, 1.82) is 0 Å². The highest BCUT2D eigenvalue weighted by molar-refractivity contribution is 8.01. The monoisotopic (exact) mass is 313 g/mol. The van der Waals surface area contributed by atoms with E-state index in [1.807, 2.05) is 13.0 Å². The lowest BCUT2D eigenvalue weighted by Gasteiger charge is -2.10. The van der Waals surface area contributed by atoms with Gasteiger partial charge < -0.3 is 5.32 Å². The summed E-state index contributed by atoms with van der Waals surface area (Å²) in [5.74, 6) is 0.816. The fraction of sp³-hybridized carbons (Fsp3) is 0.385. The van der Waals surface area contributed by atoms with E-state index in [4.69, 9.17) is 11.6 Å². The van der Waals surface area contributed by atoms with Gasteiger partial charge in [0.15, 0.2) is 4.34 Å². The van der Waals surface area contributed by atoms with Crippen LogP contribution in [0.4, 0.5) is 0 Å². The number of aryl methyl sites for hydroxylation is 1. The zero-order valence-electron chi connectivity index (χ0n) is 11.1. The van der Waals surface area contributed by atoms with Crippen LogP contribution >= 0.6 is 34.9 Å². The number of halogens is 1. The first-order chi connectivity index (χ1) is 9.04. The van der Waals surface area contributed by atoms with E-state index in [0.29, 0.717) is 6.04 Å². The van der Waals surface area contributed by atoms with E-state index in [0.717, 1.165) is 32.2 Å². The Balaban J connectivity index is 2.06. The molecule has 0 spiro atoms. The minimum Gasteiger partial charge on any atom is -0.310 e. The van der Waals surface area contributed by atoms with Crippen molar-refractivity contribution in [2.24, 2.45) is 0 Å². The molecular weight excluding hydrogens is 298 g/mol. The number of aromatic nitrogens is 2. The quantitative estimate of drug-likeness (QED) is 0.900. The molecule has 0 aliphatic heterocycles. The number of rotatable bonds is 5. The Bertz CT molecular complexity index is 555. The summed E-state index contributed by atoms with van der Waals surface area (Å²) in [4.78, 5) is 5.42. The average Bonchev–Trinajstić information content (AvgIpc) is 2.73. The molecule has 0 amide bonds. The van der Waals surface area contributed by atoms with Crippen LogP contribution in [0, 0.1) is 6.92 Å². The predicted octanol–water partition coefficient (Wildman–Crippen LogP) is 4.15. The molecule has 0 radical (unpaired) electrons. The third-order valence-electron chi connectivity index (χ3n) is 2.44. The fourth-order valence-electron chi connectivity index (χ4n) is 1.47. The number of hydrogen-bond donors (Lipinski definition) is 1. The smallest absolute Gasteiger partial charge is 0.174 e. The SMILES string of the molecule is Cc1nsc(Sc2ccc(CNC(C)C)c(Cl)c2)n1. The molecule has 1 aromatic carbocycles. The number of hydrogen-bond acceptors (Lipinski definition) is 5. The molecular formula is C13H16ClN3S2. The van der Waals surface area contributed by atoms with Gasteiger partial charge in [0.1, 0.15) is 5.82 Å². The lowest BCUT2D eigenvalue weighted by molar-refractivity contribution is 0.589. The van der Waals surface area contributed by atoms with E-state index in [9.17, 15) is 0 Å². The van der Waals surface area contributed by atoms with Crippen LogP contribution in [0.15, 0.2) is 27.4 Å². The van der Waals surface area contributed by atoms with Gasteiger partial charge in [0.05, 0.1) is 0 Å². The van der Waals surface area contributed by atoms with Gasteiger partial charge in [0, 0.05) is 22.5 Å². The van der Waals surface area contributed by atoms with Crippen LogP contribution in [0.1, 0.15) is 25.2 Å². The molecule has 1 heterocycles. The first-order valence-electron chi connectivity index (χ1n) is 6.04. The van der Waals surface area contributed by atoms with Crippen molar-refractivity contribution in [1.82, 2.24) is 14.7 Å². The summed E-state index contributed by atoms with van der Waals surface area (Å²) in [5.41, 5.74) is 1.12. The van der Waals surface area contributed by atoms with E-state index in [-0.39, 0.29) is 0 Å². The van der Waals surface area contributed by atoms with Gasteiger partial charge in [-0.3, -0.25) is 0 Å². The first-order valence-corrected chi connectivity index (χ1v) is 8.01. The van der Waals surface area contributed by atoms with Crippen molar-refractivity contribution in [3.8, 4) is 0 Å². The molecule has 1 aromatic heterocycles. The zero-order valence-corrected chi connectivity index (χ0v) is 13.5. The molecule has 0 saturated heterocycles. The minimum atomic E-state index is 0.453. The summed E-state index contributed by atoms with van der Waals surface area (Å²) in [6.45, 7) is 6.93. The highest BCUT2D eigenvalue weighted by Crippen LogP contribution is 2.31. The molecule has 6 heteroatoms. The molecule has 3 nitrogen and oxygen atoms in total. The maximum atomic E-state index is 6.30. The van der Waals surface area contributed by atoms with Crippen LogP contribution in [0.25, 0.3) is 0 Å². The Morgan fingerprint density at radius 2 is 2.21 bits per heavy atom. The van der Waals surface area contributed by atoms with Gasteiger partial charge in [-0.05, 0) is 36.2 Å². The third kappa shape index (κ3) is 4.45. The summed E-state index contributed by atoms with van der Waals surface area (Å²) < 4.78 is 5.11. The topological polar surface area (TPSA) is 37.8 Å². The van der Waals surface area contributed by atoms with Crippen LogP contribution in [0.5, 0.6) is 0 Å². The molecule has 19 heavy (non-hydrogen) atoms. The molecule has 0 aliphatic carbocycles. The Kier molecular flexibility index (Phi) is 5.21. The molecule has 0 aliphatic rings. The summed E-state index contributed by atoms with van der Waals surface area (Å²) in [7, 11) is 0. The Morgan fingerprint density at radius 1 is 1.42 bits per heavy atom. The Labute approximate surface area is 127 Å². The summed E-state index contributed by atoms with van der Waals surface area (Å²) in [6.07, 6.45) is 0. The van der Waals surface area contributed by atoms with E-state index in [1.54, 1.807) is 11.8 Å². The number of nitrogens with one attached hydrogen (secondary N) is 1. The molecule has 1 N–H and O–H groups in total. The summed E-state index contributed by atoms with van der Waals surface area (Å²) in [5, 5.41) is 4.15. The largest absolute Gasteiger partial charge is 0.310 e. The molecule has 102 valence electrons. The van der Waals surface area contributed by atoms with Crippen LogP contribution in [-0.4, -0.2) is 15.4 Å². The van der Waals surface area contributed by atoms with Crippen LogP contribution < -0.4 is 5.32 Å². The van der Waals surface area contributed by atoms with Crippen molar-refractivity contribution in [2.45, 2.75) is 42.6 Å². The molecule has 2 rings (SSSR count). The Morgan fingerprint density at radius 3 is 2.79 bits per heavy atom. The maximum absolute atomic E-state index is 6.30. The highest BCUT2D eigenvalue weighted by Gasteiger charge is 2.06. The average molecular weight is 314 g/mol. The van der Waals surface area contributed by atoms with Crippen molar-refractivity contribution in [2.75, 3.05) is 0 Å². The maximum Gasteiger partial charge on any atom is 0.174 e. The van der Waals surface area contributed by atoms with Gasteiger partial charge in [0.25, 0.3) is 0 Å². The van der Waals surface area contributed by atoms with Gasteiger partial charge in [-0.15, -0.1) is 0 Å². The minimum absolute atomic E-state index is 0.453. The van der Waals surface area contributed by atoms with Crippen LogP contribution in [0.3, 0.4) is 0 Å². The van der Waals surface area contributed by atoms with Crippen molar-refractivity contribution < 1.29 is 0 Å². The number of benzene rings is 1. The van der Waals surface area contributed by atoms with Gasteiger partial charge in [-0.2, -0.15) is 4.37 Å². The summed E-state index contributed by atoms with van der Waals surface area (Å²) in [6, 6.07) is 6.58. The third-order valence-corrected chi connectivity index (χ3v) is 4.62. The fourth-order valence-corrected chi connectivity index (χ4v) is 3.45. The van der Waals surface area contributed by atoms with Gasteiger partial charge in [0.2, 0.25) is 0 Å². The molecule has 0 saturated carbocycles. The lowest BCUT2D eigenvalue weighted by atomic mass is 10.2. The molecule has 0 bridgehead atoms. The Hall–Kier alpha value is -0.620. The van der Waals surface area contributed by atoms with E-state index >= 15 is 0 Å².